The number of halogens is 2. The van der Waals surface area contributed by atoms with Crippen molar-refractivity contribution in [2.24, 2.45) is 10.8 Å². The van der Waals surface area contributed by atoms with Crippen molar-refractivity contribution in [2.75, 3.05) is 25.9 Å². The fourth-order valence-electron chi connectivity index (χ4n) is 4.81. The van der Waals surface area contributed by atoms with E-state index in [1.54, 1.807) is 41.5 Å². The number of nitrogen functional groups attached to an aromatic ring is 1. The minimum atomic E-state index is -4.86. The monoisotopic (exact) mass is 767 g/mol. The predicted octanol–water partition coefficient (Wildman–Crippen LogP) is 6.83. The zero-order chi connectivity index (χ0) is 39.2. The average Bonchev–Trinajstić information content (AvgIpc) is 3.28. The van der Waals surface area contributed by atoms with Crippen LogP contribution in [0.25, 0.3) is 0 Å². The number of esters is 3. The van der Waals surface area contributed by atoms with Crippen molar-refractivity contribution in [3.63, 3.8) is 0 Å². The van der Waals surface area contributed by atoms with Gasteiger partial charge in [-0.3, -0.25) is 23.5 Å². The van der Waals surface area contributed by atoms with Crippen molar-refractivity contribution < 1.29 is 60.2 Å². The van der Waals surface area contributed by atoms with Gasteiger partial charge in [0, 0.05) is 12.6 Å². The maximum absolute atomic E-state index is 16.0. The average molecular weight is 768 g/mol. The van der Waals surface area contributed by atoms with E-state index in [1.165, 1.54) is 25.7 Å². The van der Waals surface area contributed by atoms with E-state index >= 15 is 8.78 Å². The fourth-order valence-corrected chi connectivity index (χ4v) is 5.72. The third-order valence-electron chi connectivity index (χ3n) is 7.87. The van der Waals surface area contributed by atoms with E-state index in [0.717, 1.165) is 37.9 Å². The van der Waals surface area contributed by atoms with Gasteiger partial charge in [-0.15, -0.1) is 0 Å². The molecule has 1 saturated heterocycles. The number of anilines is 1. The first-order valence-corrected chi connectivity index (χ1v) is 19.1. The van der Waals surface area contributed by atoms with Crippen molar-refractivity contribution in [1.29, 1.82) is 0 Å². The molecule has 1 aromatic heterocycles. The number of aromatic nitrogens is 2. The van der Waals surface area contributed by atoms with E-state index in [1.807, 2.05) is 0 Å². The first kappa shape index (κ1) is 45.2. The summed E-state index contributed by atoms with van der Waals surface area (Å²) < 4.78 is 82.3. The van der Waals surface area contributed by atoms with Crippen LogP contribution in [0.4, 0.5) is 14.6 Å². The number of hydrogen-bond donors (Lipinski definition) is 1. The van der Waals surface area contributed by atoms with E-state index in [9.17, 15) is 23.7 Å². The zero-order valence-corrected chi connectivity index (χ0v) is 32.3. The molecule has 298 valence electrons. The minimum absolute atomic E-state index is 0.159. The maximum Gasteiger partial charge on any atom is 0.480 e. The Labute approximate surface area is 304 Å². The lowest BCUT2D eigenvalue weighted by atomic mass is 9.98. The molecule has 0 radical (unpaired) electrons. The zero-order valence-electron chi connectivity index (χ0n) is 31.4. The van der Waals surface area contributed by atoms with Gasteiger partial charge in [0.2, 0.25) is 19.8 Å². The molecule has 15 nitrogen and oxygen atoms in total. The third-order valence-corrected chi connectivity index (χ3v) is 9.18. The molecule has 1 aromatic rings. The van der Waals surface area contributed by atoms with Gasteiger partial charge in [0.15, 0.2) is 6.10 Å². The Morgan fingerprint density at radius 3 is 1.87 bits per heavy atom. The second kappa shape index (κ2) is 20.5. The van der Waals surface area contributed by atoms with Crippen molar-refractivity contribution in [3.8, 4) is 0 Å². The smallest absolute Gasteiger partial charge is 0.453 e. The maximum atomic E-state index is 16.0. The van der Waals surface area contributed by atoms with Crippen LogP contribution in [0.3, 0.4) is 0 Å². The summed E-state index contributed by atoms with van der Waals surface area (Å²) in [5.74, 6) is -6.68. The number of phosphoric ester groups is 1. The van der Waals surface area contributed by atoms with Crippen LogP contribution < -0.4 is 11.4 Å². The van der Waals surface area contributed by atoms with Crippen molar-refractivity contribution in [3.05, 3.63) is 22.7 Å². The highest BCUT2D eigenvalue weighted by molar-refractivity contribution is 7.48. The summed E-state index contributed by atoms with van der Waals surface area (Å²) in [5, 5.41) is 0. The molecule has 2 N–H and O–H groups in total. The Bertz CT molecular complexity index is 1380. The number of nitrogens with two attached hydrogens (primary N) is 1. The highest BCUT2D eigenvalue weighted by atomic mass is 31.2. The van der Waals surface area contributed by atoms with Gasteiger partial charge in [-0.2, -0.15) is 13.8 Å². The Kier molecular flexibility index (Phi) is 17.8. The van der Waals surface area contributed by atoms with E-state index in [0.29, 0.717) is 17.4 Å². The molecular weight excluding hydrogens is 711 g/mol. The summed E-state index contributed by atoms with van der Waals surface area (Å²) in [6.07, 6.45) is 4.27. The highest BCUT2D eigenvalue weighted by Crippen LogP contribution is 2.52. The standard InChI is InChI=1S/C34H56F2N3O12P/c1-8-9-10-11-12-13-14-15-16-17-18-26(40)51-27-24(50-28(34(27,35)36)39-20-19-25(37)38-31(39)43)21-47-52(44,48-22-45-29(41)32(2,3)4)49-23-46-30(42)33(5,6)7/h19-20,24,27-28H,8-18,21-23H2,1-7H3,(H2,37,38,43)/t24-,27-,28-/m1/s1. The number of nitrogens with zero attached hydrogens (tertiary/aromatic N) is 2. The van der Waals surface area contributed by atoms with E-state index in [4.69, 9.17) is 38.3 Å². The van der Waals surface area contributed by atoms with Crippen LogP contribution >= 0.6 is 7.82 Å². The van der Waals surface area contributed by atoms with Crippen LogP contribution in [0, 0.1) is 10.8 Å². The molecule has 2 rings (SSSR count). The van der Waals surface area contributed by atoms with Gasteiger partial charge in [0.05, 0.1) is 17.4 Å². The predicted molar refractivity (Wildman–Crippen MR) is 185 cm³/mol. The van der Waals surface area contributed by atoms with Gasteiger partial charge in [0.1, 0.15) is 11.9 Å². The van der Waals surface area contributed by atoms with Gasteiger partial charge in [-0.25, -0.2) is 18.4 Å². The van der Waals surface area contributed by atoms with Gasteiger partial charge in [-0.1, -0.05) is 64.7 Å². The fraction of sp³-hybridized carbons (Fsp3) is 0.794. The van der Waals surface area contributed by atoms with Gasteiger partial charge >= 0.3 is 37.3 Å². The number of ether oxygens (including phenoxy) is 4. The number of alkyl halides is 2. The Balaban J connectivity index is 2.19. The first-order valence-electron chi connectivity index (χ1n) is 17.7. The van der Waals surface area contributed by atoms with Crippen LogP contribution in [-0.2, 0) is 51.5 Å². The summed E-state index contributed by atoms with van der Waals surface area (Å²) in [5.41, 5.74) is 2.43. The van der Waals surface area contributed by atoms with Crippen LogP contribution in [0.5, 0.6) is 0 Å². The molecule has 1 fully saturated rings. The quantitative estimate of drug-likeness (QED) is 0.0424. The van der Waals surface area contributed by atoms with Crippen LogP contribution in [0.15, 0.2) is 17.1 Å². The van der Waals surface area contributed by atoms with Gasteiger partial charge in [0.25, 0.3) is 0 Å². The topological polar surface area (TPSA) is 194 Å². The molecule has 0 spiro atoms. The van der Waals surface area contributed by atoms with Gasteiger partial charge in [-0.05, 0) is 54.0 Å². The number of rotatable bonds is 22. The summed E-state index contributed by atoms with van der Waals surface area (Å²) in [4.78, 5) is 53.3. The van der Waals surface area contributed by atoms with Crippen LogP contribution in [-0.4, -0.2) is 65.8 Å². The molecule has 0 unspecified atom stereocenters. The Hall–Kier alpha value is -2.98. The molecule has 0 amide bonds. The molecule has 52 heavy (non-hydrogen) atoms. The van der Waals surface area contributed by atoms with Crippen LogP contribution in [0.2, 0.25) is 0 Å². The third kappa shape index (κ3) is 14.8. The van der Waals surface area contributed by atoms with Gasteiger partial charge < -0.3 is 24.7 Å². The lowest BCUT2D eigenvalue weighted by Crippen LogP contribution is -2.44. The molecule has 3 atom stereocenters. The number of carbonyl (C=O) groups is 3. The summed E-state index contributed by atoms with van der Waals surface area (Å²) >= 11 is 0. The first-order chi connectivity index (χ1) is 24.2. The van der Waals surface area contributed by atoms with Crippen molar-refractivity contribution in [2.45, 2.75) is 143 Å². The Morgan fingerprint density at radius 2 is 1.38 bits per heavy atom. The Morgan fingerprint density at radius 1 is 0.885 bits per heavy atom. The molecule has 1 aliphatic heterocycles. The molecule has 2 heterocycles. The lowest BCUT2D eigenvalue weighted by Gasteiger charge is -2.25. The SMILES string of the molecule is CCCCCCCCCCCCC(=O)O[C@@H]1[C@@H](COP(=O)(OCOC(=O)C(C)(C)C)OCOC(=O)C(C)(C)C)O[C@@H](n2ccc(N)nc2=O)C1(F)F. The van der Waals surface area contributed by atoms with Crippen molar-refractivity contribution in [1.82, 2.24) is 9.55 Å². The second-order valence-electron chi connectivity index (χ2n) is 14.7. The van der Waals surface area contributed by atoms with E-state index in [2.05, 4.69) is 11.9 Å². The summed E-state index contributed by atoms with van der Waals surface area (Å²) in [6.45, 7) is 8.60. The van der Waals surface area contributed by atoms with Crippen LogP contribution in [0.1, 0.15) is 125 Å². The molecule has 0 aliphatic carbocycles. The summed E-state index contributed by atoms with van der Waals surface area (Å²) in [7, 11) is -4.86. The van der Waals surface area contributed by atoms with Crippen molar-refractivity contribution >= 4 is 31.5 Å². The number of hydrogen-bond acceptors (Lipinski definition) is 14. The lowest BCUT2D eigenvalue weighted by molar-refractivity contribution is -0.176. The minimum Gasteiger partial charge on any atom is -0.453 e. The molecular formula is C34H56F2N3O12P. The van der Waals surface area contributed by atoms with E-state index < -0.39 is 86.8 Å². The molecule has 18 heteroatoms. The second-order valence-corrected chi connectivity index (χ2v) is 16.4. The molecule has 0 aromatic carbocycles. The molecule has 0 saturated carbocycles. The number of carbonyl (C=O) groups excluding carboxylic acids is 3. The normalized spacial score (nSPS) is 19.0. The largest absolute Gasteiger partial charge is 0.480 e. The number of unbranched alkanes of at least 4 members (excludes halogenated alkanes) is 9. The van der Waals surface area contributed by atoms with E-state index in [-0.39, 0.29) is 12.2 Å². The highest BCUT2D eigenvalue weighted by Gasteiger charge is 2.63. The number of phosphoric acid groups is 1. The summed E-state index contributed by atoms with van der Waals surface area (Å²) in [6, 6.07) is 1.10. The molecule has 1 aliphatic rings. The molecule has 0 bridgehead atoms.